The lowest BCUT2D eigenvalue weighted by Gasteiger charge is -2.28. The van der Waals surface area contributed by atoms with Gasteiger partial charge >= 0.3 is 0 Å². The topological polar surface area (TPSA) is 9.23 Å². The van der Waals surface area contributed by atoms with Crippen LogP contribution in [-0.2, 0) is 0 Å². The van der Waals surface area contributed by atoms with E-state index in [1.807, 2.05) is 0 Å². The van der Waals surface area contributed by atoms with Crippen LogP contribution in [0.1, 0.15) is 96.0 Å². The van der Waals surface area contributed by atoms with Gasteiger partial charge < -0.3 is 4.74 Å². The first-order chi connectivity index (χ1) is 11.3. The molecular formula is C22H36O. The summed E-state index contributed by atoms with van der Waals surface area (Å²) in [6, 6.07) is 8.97. The predicted molar refractivity (Wildman–Crippen MR) is 100 cm³/mol. The SMILES string of the molecule is CCCCCCOc1ccc(C2CCC(CCCC)CC2)cc1. The number of benzene rings is 1. The maximum atomic E-state index is 5.86. The normalized spacial score (nSPS) is 21.3. The Hall–Kier alpha value is -0.980. The highest BCUT2D eigenvalue weighted by atomic mass is 16.5. The molecule has 1 aliphatic carbocycles. The third-order valence-corrected chi connectivity index (χ3v) is 5.43. The van der Waals surface area contributed by atoms with Crippen LogP contribution in [0.25, 0.3) is 0 Å². The molecule has 0 unspecified atom stereocenters. The minimum atomic E-state index is 0.784. The summed E-state index contributed by atoms with van der Waals surface area (Å²) in [6.07, 6.45) is 14.9. The molecule has 1 heteroatoms. The standard InChI is InChI=1S/C22H36O/c1-3-5-7-8-18-23-22-16-14-21(15-17-22)20-12-10-19(11-13-20)9-6-4-2/h14-17,19-20H,3-13,18H2,1-2H3. The number of hydrogen-bond donors (Lipinski definition) is 0. The fourth-order valence-electron chi connectivity index (χ4n) is 3.83. The zero-order valence-electron chi connectivity index (χ0n) is 15.4. The maximum absolute atomic E-state index is 5.86. The molecule has 1 saturated carbocycles. The van der Waals surface area contributed by atoms with Gasteiger partial charge in [-0.15, -0.1) is 0 Å². The van der Waals surface area contributed by atoms with E-state index in [9.17, 15) is 0 Å². The van der Waals surface area contributed by atoms with Gasteiger partial charge in [0.05, 0.1) is 6.61 Å². The molecular weight excluding hydrogens is 280 g/mol. The molecule has 23 heavy (non-hydrogen) atoms. The van der Waals surface area contributed by atoms with Crippen LogP contribution < -0.4 is 4.74 Å². The summed E-state index contributed by atoms with van der Waals surface area (Å²) >= 11 is 0. The molecule has 0 N–H and O–H groups in total. The molecule has 0 heterocycles. The Kier molecular flexibility index (Phi) is 8.57. The molecule has 0 spiro atoms. The van der Waals surface area contributed by atoms with E-state index in [0.29, 0.717) is 0 Å². The molecule has 0 saturated heterocycles. The lowest BCUT2D eigenvalue weighted by molar-refractivity contribution is 0.301. The Morgan fingerprint density at radius 1 is 0.826 bits per heavy atom. The summed E-state index contributed by atoms with van der Waals surface area (Å²) in [4.78, 5) is 0. The third-order valence-electron chi connectivity index (χ3n) is 5.43. The van der Waals surface area contributed by atoms with Gasteiger partial charge in [0.25, 0.3) is 0 Å². The summed E-state index contributed by atoms with van der Waals surface area (Å²) in [5.74, 6) is 2.82. The van der Waals surface area contributed by atoms with Crippen molar-refractivity contribution < 1.29 is 4.74 Å². The minimum absolute atomic E-state index is 0.784. The van der Waals surface area contributed by atoms with E-state index in [-0.39, 0.29) is 0 Å². The van der Waals surface area contributed by atoms with Gasteiger partial charge in [-0.2, -0.15) is 0 Å². The molecule has 0 bridgehead atoms. The molecule has 1 aliphatic rings. The smallest absolute Gasteiger partial charge is 0.119 e. The second-order valence-electron chi connectivity index (χ2n) is 7.34. The lowest BCUT2D eigenvalue weighted by Crippen LogP contribution is -2.13. The van der Waals surface area contributed by atoms with Gasteiger partial charge in [0.2, 0.25) is 0 Å². The lowest BCUT2D eigenvalue weighted by atomic mass is 9.77. The van der Waals surface area contributed by atoms with E-state index in [0.717, 1.165) is 24.2 Å². The summed E-state index contributed by atoms with van der Waals surface area (Å²) in [5, 5.41) is 0. The first kappa shape index (κ1) is 18.4. The van der Waals surface area contributed by atoms with Gasteiger partial charge in [0.15, 0.2) is 0 Å². The van der Waals surface area contributed by atoms with Crippen molar-refractivity contribution in [1.82, 2.24) is 0 Å². The minimum Gasteiger partial charge on any atom is -0.494 e. The summed E-state index contributed by atoms with van der Waals surface area (Å²) < 4.78 is 5.86. The molecule has 1 nitrogen and oxygen atoms in total. The monoisotopic (exact) mass is 316 g/mol. The van der Waals surface area contributed by atoms with Crippen LogP contribution in [0.15, 0.2) is 24.3 Å². The Morgan fingerprint density at radius 2 is 1.52 bits per heavy atom. The quantitative estimate of drug-likeness (QED) is 0.418. The van der Waals surface area contributed by atoms with Gasteiger partial charge in [0, 0.05) is 0 Å². The molecule has 0 radical (unpaired) electrons. The van der Waals surface area contributed by atoms with Crippen LogP contribution in [-0.4, -0.2) is 6.61 Å². The first-order valence-electron chi connectivity index (χ1n) is 10.1. The Labute approximate surface area is 143 Å². The predicted octanol–water partition coefficient (Wildman–Crippen LogP) is 7.11. The van der Waals surface area contributed by atoms with Crippen molar-refractivity contribution in [1.29, 1.82) is 0 Å². The van der Waals surface area contributed by atoms with Gasteiger partial charge in [-0.3, -0.25) is 0 Å². The number of rotatable bonds is 10. The van der Waals surface area contributed by atoms with E-state index in [1.165, 1.54) is 76.2 Å². The van der Waals surface area contributed by atoms with Gasteiger partial charge in [-0.25, -0.2) is 0 Å². The van der Waals surface area contributed by atoms with Gasteiger partial charge in [-0.05, 0) is 61.6 Å². The van der Waals surface area contributed by atoms with E-state index >= 15 is 0 Å². The van der Waals surface area contributed by atoms with Crippen molar-refractivity contribution in [2.45, 2.75) is 90.4 Å². The molecule has 1 aromatic carbocycles. The largest absolute Gasteiger partial charge is 0.494 e. The van der Waals surface area contributed by atoms with Crippen LogP contribution >= 0.6 is 0 Å². The van der Waals surface area contributed by atoms with Crippen LogP contribution in [0.4, 0.5) is 0 Å². The number of ether oxygens (including phenoxy) is 1. The van der Waals surface area contributed by atoms with E-state index in [4.69, 9.17) is 4.74 Å². The second-order valence-corrected chi connectivity index (χ2v) is 7.34. The average molecular weight is 317 g/mol. The molecule has 0 aromatic heterocycles. The summed E-state index contributed by atoms with van der Waals surface area (Å²) in [7, 11) is 0. The molecule has 2 rings (SSSR count). The van der Waals surface area contributed by atoms with E-state index in [1.54, 1.807) is 0 Å². The highest BCUT2D eigenvalue weighted by Gasteiger charge is 2.21. The van der Waals surface area contributed by atoms with E-state index in [2.05, 4.69) is 38.1 Å². The molecule has 0 aliphatic heterocycles. The molecule has 0 amide bonds. The van der Waals surface area contributed by atoms with Gasteiger partial charge in [-0.1, -0.05) is 64.5 Å². The molecule has 0 atom stereocenters. The summed E-state index contributed by atoms with van der Waals surface area (Å²) in [5.41, 5.74) is 1.53. The van der Waals surface area contributed by atoms with Crippen LogP contribution in [0, 0.1) is 5.92 Å². The Morgan fingerprint density at radius 3 is 2.17 bits per heavy atom. The second kappa shape index (κ2) is 10.7. The Bertz CT molecular complexity index is 400. The fraction of sp³-hybridized carbons (Fsp3) is 0.727. The molecule has 1 fully saturated rings. The number of unbranched alkanes of at least 4 members (excludes halogenated alkanes) is 4. The third kappa shape index (κ3) is 6.57. The van der Waals surface area contributed by atoms with Crippen LogP contribution in [0.2, 0.25) is 0 Å². The van der Waals surface area contributed by atoms with Crippen molar-refractivity contribution in [2.75, 3.05) is 6.61 Å². The van der Waals surface area contributed by atoms with Crippen molar-refractivity contribution in [2.24, 2.45) is 5.92 Å². The average Bonchev–Trinajstić information content (AvgIpc) is 2.61. The highest BCUT2D eigenvalue weighted by molar-refractivity contribution is 5.29. The number of hydrogen-bond acceptors (Lipinski definition) is 1. The summed E-state index contributed by atoms with van der Waals surface area (Å²) in [6.45, 7) is 5.41. The molecule has 130 valence electrons. The van der Waals surface area contributed by atoms with Gasteiger partial charge in [0.1, 0.15) is 5.75 Å². The van der Waals surface area contributed by atoms with E-state index < -0.39 is 0 Å². The zero-order valence-corrected chi connectivity index (χ0v) is 15.4. The highest BCUT2D eigenvalue weighted by Crippen LogP contribution is 2.38. The van der Waals surface area contributed by atoms with Crippen molar-refractivity contribution in [3.63, 3.8) is 0 Å². The van der Waals surface area contributed by atoms with Crippen LogP contribution in [0.5, 0.6) is 5.75 Å². The van der Waals surface area contributed by atoms with Crippen molar-refractivity contribution in [3.05, 3.63) is 29.8 Å². The Balaban J connectivity index is 1.70. The van der Waals surface area contributed by atoms with Crippen molar-refractivity contribution >= 4 is 0 Å². The fourth-order valence-corrected chi connectivity index (χ4v) is 3.83. The first-order valence-corrected chi connectivity index (χ1v) is 10.1. The molecule has 1 aromatic rings. The maximum Gasteiger partial charge on any atom is 0.119 e. The van der Waals surface area contributed by atoms with Crippen LogP contribution in [0.3, 0.4) is 0 Å². The zero-order chi connectivity index (χ0) is 16.3. The van der Waals surface area contributed by atoms with Crippen molar-refractivity contribution in [3.8, 4) is 5.75 Å².